The topological polar surface area (TPSA) is 54.3 Å². The van der Waals surface area contributed by atoms with Crippen LogP contribution in [0, 0.1) is 18.3 Å². The van der Waals surface area contributed by atoms with Gasteiger partial charge < -0.3 is 14.8 Å². The number of methoxy groups -OCH3 is 2. The monoisotopic (exact) mass is 234 g/mol. The van der Waals surface area contributed by atoms with Crippen LogP contribution in [0.15, 0.2) is 12.1 Å². The third-order valence-electron chi connectivity index (χ3n) is 2.46. The van der Waals surface area contributed by atoms with E-state index in [1.54, 1.807) is 14.2 Å². The number of nitriles is 1. The maximum Gasteiger partial charge on any atom is 0.162 e. The van der Waals surface area contributed by atoms with Gasteiger partial charge in [-0.05, 0) is 32.4 Å². The molecule has 0 fully saturated rings. The van der Waals surface area contributed by atoms with Gasteiger partial charge in [-0.2, -0.15) is 5.26 Å². The Morgan fingerprint density at radius 2 is 1.71 bits per heavy atom. The Kier molecular flexibility index (Phi) is 3.84. The van der Waals surface area contributed by atoms with Crippen molar-refractivity contribution >= 4 is 5.69 Å². The van der Waals surface area contributed by atoms with Gasteiger partial charge >= 0.3 is 0 Å². The minimum absolute atomic E-state index is 0.621. The summed E-state index contributed by atoms with van der Waals surface area (Å²) in [5.74, 6) is 1.33. The van der Waals surface area contributed by atoms with Crippen LogP contribution >= 0.6 is 0 Å². The summed E-state index contributed by atoms with van der Waals surface area (Å²) in [7, 11) is 3.19. The lowest BCUT2D eigenvalue weighted by molar-refractivity contribution is 0.355. The van der Waals surface area contributed by atoms with Crippen LogP contribution in [0.2, 0.25) is 0 Å². The number of hydrogen-bond donors (Lipinski definition) is 1. The van der Waals surface area contributed by atoms with Crippen molar-refractivity contribution in [1.82, 2.24) is 0 Å². The standard InChI is InChI=1S/C13H18N2O2/c1-9-6-11(16-4)12(17-5)7-10(9)15-13(2,3)8-14/h6-7,15H,1-5H3. The molecule has 0 aliphatic heterocycles. The fraction of sp³-hybridized carbons (Fsp3) is 0.462. The minimum atomic E-state index is -0.621. The van der Waals surface area contributed by atoms with E-state index >= 15 is 0 Å². The quantitative estimate of drug-likeness (QED) is 0.870. The van der Waals surface area contributed by atoms with Crippen molar-refractivity contribution in [3.8, 4) is 17.6 Å². The predicted molar refractivity (Wildman–Crippen MR) is 67.6 cm³/mol. The van der Waals surface area contributed by atoms with Gasteiger partial charge in [-0.1, -0.05) is 0 Å². The summed E-state index contributed by atoms with van der Waals surface area (Å²) in [4.78, 5) is 0. The molecular formula is C13H18N2O2. The first kappa shape index (κ1) is 13.2. The van der Waals surface area contributed by atoms with Gasteiger partial charge in [0.1, 0.15) is 5.54 Å². The molecule has 0 saturated heterocycles. The first-order valence-corrected chi connectivity index (χ1v) is 5.35. The van der Waals surface area contributed by atoms with E-state index < -0.39 is 5.54 Å². The molecule has 0 atom stereocenters. The molecule has 4 nitrogen and oxygen atoms in total. The number of benzene rings is 1. The molecule has 0 radical (unpaired) electrons. The van der Waals surface area contributed by atoms with E-state index in [2.05, 4.69) is 11.4 Å². The van der Waals surface area contributed by atoms with Gasteiger partial charge in [-0.25, -0.2) is 0 Å². The third kappa shape index (κ3) is 3.04. The second kappa shape index (κ2) is 4.96. The molecule has 0 unspecified atom stereocenters. The SMILES string of the molecule is COc1cc(C)c(NC(C)(C)C#N)cc1OC. The highest BCUT2D eigenvalue weighted by Crippen LogP contribution is 2.33. The maximum atomic E-state index is 9.01. The predicted octanol–water partition coefficient (Wildman–Crippen LogP) is 2.73. The van der Waals surface area contributed by atoms with Gasteiger partial charge in [-0.15, -0.1) is 0 Å². The van der Waals surface area contributed by atoms with Crippen LogP contribution in [0.5, 0.6) is 11.5 Å². The second-order valence-electron chi connectivity index (χ2n) is 4.38. The summed E-state index contributed by atoms with van der Waals surface area (Å²) in [5, 5.41) is 12.2. The number of ether oxygens (including phenoxy) is 2. The highest BCUT2D eigenvalue weighted by atomic mass is 16.5. The Bertz CT molecular complexity index is 447. The van der Waals surface area contributed by atoms with Gasteiger partial charge in [0, 0.05) is 11.8 Å². The van der Waals surface area contributed by atoms with E-state index in [0.29, 0.717) is 11.5 Å². The molecular weight excluding hydrogens is 216 g/mol. The Labute approximate surface area is 102 Å². The fourth-order valence-corrected chi connectivity index (χ4v) is 1.48. The van der Waals surface area contributed by atoms with Crippen molar-refractivity contribution < 1.29 is 9.47 Å². The maximum absolute atomic E-state index is 9.01. The number of rotatable bonds is 4. The van der Waals surface area contributed by atoms with Crippen molar-refractivity contribution in [2.24, 2.45) is 0 Å². The lowest BCUT2D eigenvalue weighted by Gasteiger charge is -2.22. The molecule has 1 aromatic carbocycles. The van der Waals surface area contributed by atoms with Crippen LogP contribution in [0.1, 0.15) is 19.4 Å². The zero-order chi connectivity index (χ0) is 13.1. The first-order valence-electron chi connectivity index (χ1n) is 5.35. The highest BCUT2D eigenvalue weighted by molar-refractivity contribution is 5.61. The van der Waals surface area contributed by atoms with Gasteiger partial charge in [0.15, 0.2) is 11.5 Å². The Morgan fingerprint density at radius 3 is 2.18 bits per heavy atom. The van der Waals surface area contributed by atoms with Crippen LogP contribution in [-0.2, 0) is 0 Å². The number of nitrogens with zero attached hydrogens (tertiary/aromatic N) is 1. The van der Waals surface area contributed by atoms with Crippen LogP contribution in [0.25, 0.3) is 0 Å². The molecule has 0 heterocycles. The molecule has 92 valence electrons. The molecule has 1 aromatic rings. The molecule has 0 aliphatic carbocycles. The lowest BCUT2D eigenvalue weighted by atomic mass is 10.1. The first-order chi connectivity index (χ1) is 7.93. The lowest BCUT2D eigenvalue weighted by Crippen LogP contribution is -2.28. The molecule has 0 saturated carbocycles. The van der Waals surface area contributed by atoms with Crippen molar-refractivity contribution in [1.29, 1.82) is 5.26 Å². The third-order valence-corrected chi connectivity index (χ3v) is 2.46. The van der Waals surface area contributed by atoms with E-state index in [9.17, 15) is 0 Å². The number of anilines is 1. The average molecular weight is 234 g/mol. The second-order valence-corrected chi connectivity index (χ2v) is 4.38. The van der Waals surface area contributed by atoms with E-state index in [0.717, 1.165) is 11.3 Å². The summed E-state index contributed by atoms with van der Waals surface area (Å²) in [6, 6.07) is 5.92. The smallest absolute Gasteiger partial charge is 0.162 e. The molecule has 0 aliphatic rings. The Hall–Kier alpha value is -1.89. The van der Waals surface area contributed by atoms with Gasteiger partial charge in [0.25, 0.3) is 0 Å². The Morgan fingerprint density at radius 1 is 1.18 bits per heavy atom. The summed E-state index contributed by atoms with van der Waals surface area (Å²) in [6.45, 7) is 5.60. The average Bonchev–Trinajstić information content (AvgIpc) is 2.31. The number of nitrogens with one attached hydrogen (secondary N) is 1. The minimum Gasteiger partial charge on any atom is -0.493 e. The fourth-order valence-electron chi connectivity index (χ4n) is 1.48. The van der Waals surface area contributed by atoms with E-state index in [1.807, 2.05) is 32.9 Å². The molecule has 1 N–H and O–H groups in total. The van der Waals surface area contributed by atoms with E-state index in [4.69, 9.17) is 14.7 Å². The summed E-state index contributed by atoms with van der Waals surface area (Å²) < 4.78 is 10.4. The van der Waals surface area contributed by atoms with Gasteiger partial charge in [-0.3, -0.25) is 0 Å². The van der Waals surface area contributed by atoms with Crippen LogP contribution < -0.4 is 14.8 Å². The summed E-state index contributed by atoms with van der Waals surface area (Å²) >= 11 is 0. The normalized spacial score (nSPS) is 10.6. The van der Waals surface area contributed by atoms with Gasteiger partial charge in [0.05, 0.1) is 20.3 Å². The van der Waals surface area contributed by atoms with Crippen molar-refractivity contribution in [2.75, 3.05) is 19.5 Å². The summed E-state index contributed by atoms with van der Waals surface area (Å²) in [6.07, 6.45) is 0. The number of hydrogen-bond acceptors (Lipinski definition) is 4. The van der Waals surface area contributed by atoms with Crippen LogP contribution in [0.4, 0.5) is 5.69 Å². The molecule has 0 amide bonds. The van der Waals surface area contributed by atoms with E-state index in [-0.39, 0.29) is 0 Å². The van der Waals surface area contributed by atoms with Crippen molar-refractivity contribution in [2.45, 2.75) is 26.3 Å². The molecule has 0 bridgehead atoms. The molecule has 0 spiro atoms. The molecule has 17 heavy (non-hydrogen) atoms. The summed E-state index contributed by atoms with van der Waals surface area (Å²) in [5.41, 5.74) is 1.25. The molecule has 1 rings (SSSR count). The molecule has 0 aromatic heterocycles. The molecule has 4 heteroatoms. The largest absolute Gasteiger partial charge is 0.493 e. The van der Waals surface area contributed by atoms with Crippen LogP contribution in [-0.4, -0.2) is 19.8 Å². The van der Waals surface area contributed by atoms with Crippen molar-refractivity contribution in [3.63, 3.8) is 0 Å². The van der Waals surface area contributed by atoms with Gasteiger partial charge in [0.2, 0.25) is 0 Å². The Balaban J connectivity index is 3.14. The van der Waals surface area contributed by atoms with Crippen LogP contribution in [0.3, 0.4) is 0 Å². The zero-order valence-corrected chi connectivity index (χ0v) is 10.9. The van der Waals surface area contributed by atoms with Crippen molar-refractivity contribution in [3.05, 3.63) is 17.7 Å². The number of aryl methyl sites for hydroxylation is 1. The zero-order valence-electron chi connectivity index (χ0n) is 10.9. The highest BCUT2D eigenvalue weighted by Gasteiger charge is 2.18. The van der Waals surface area contributed by atoms with E-state index in [1.165, 1.54) is 0 Å².